The van der Waals surface area contributed by atoms with Crippen LogP contribution in [0, 0.1) is 6.92 Å². The first-order chi connectivity index (χ1) is 8.56. The van der Waals surface area contributed by atoms with Crippen molar-refractivity contribution in [3.8, 4) is 0 Å². The molecule has 18 heavy (non-hydrogen) atoms. The SMILES string of the molecule is Cc1occc1CNc1nc(N)nc(N(C)C)n1. The highest BCUT2D eigenvalue weighted by Gasteiger charge is 2.07. The molecule has 0 saturated heterocycles. The molecule has 0 unspecified atom stereocenters. The van der Waals surface area contributed by atoms with E-state index in [-0.39, 0.29) is 5.95 Å². The lowest BCUT2D eigenvalue weighted by Gasteiger charge is -2.11. The summed E-state index contributed by atoms with van der Waals surface area (Å²) in [7, 11) is 3.69. The predicted molar refractivity (Wildman–Crippen MR) is 69.3 cm³/mol. The molecule has 0 fully saturated rings. The first-order valence-corrected chi connectivity index (χ1v) is 5.52. The Labute approximate surface area is 105 Å². The van der Waals surface area contributed by atoms with Gasteiger partial charge >= 0.3 is 0 Å². The van der Waals surface area contributed by atoms with Crippen molar-refractivity contribution in [1.82, 2.24) is 15.0 Å². The van der Waals surface area contributed by atoms with Crippen LogP contribution in [0.15, 0.2) is 16.7 Å². The van der Waals surface area contributed by atoms with Gasteiger partial charge in [-0.05, 0) is 13.0 Å². The smallest absolute Gasteiger partial charge is 0.231 e. The van der Waals surface area contributed by atoms with Crippen LogP contribution < -0.4 is 16.0 Å². The summed E-state index contributed by atoms with van der Waals surface area (Å²) < 4.78 is 5.21. The fourth-order valence-corrected chi connectivity index (χ4v) is 1.43. The van der Waals surface area contributed by atoms with E-state index >= 15 is 0 Å². The Morgan fingerprint density at radius 3 is 2.72 bits per heavy atom. The third-order valence-electron chi connectivity index (χ3n) is 2.44. The van der Waals surface area contributed by atoms with E-state index in [2.05, 4.69) is 20.3 Å². The first-order valence-electron chi connectivity index (χ1n) is 5.52. The van der Waals surface area contributed by atoms with Crippen molar-refractivity contribution in [1.29, 1.82) is 0 Å². The summed E-state index contributed by atoms with van der Waals surface area (Å²) in [4.78, 5) is 14.1. The number of anilines is 3. The second-order valence-electron chi connectivity index (χ2n) is 4.07. The van der Waals surface area contributed by atoms with Crippen molar-refractivity contribution in [3.05, 3.63) is 23.7 Å². The number of hydrogen-bond acceptors (Lipinski definition) is 7. The van der Waals surface area contributed by atoms with Crippen molar-refractivity contribution in [2.45, 2.75) is 13.5 Å². The molecule has 2 heterocycles. The Balaban J connectivity index is 2.12. The first kappa shape index (κ1) is 12.2. The number of nitrogens with zero attached hydrogens (tertiary/aromatic N) is 4. The molecule has 2 aromatic heterocycles. The monoisotopic (exact) mass is 248 g/mol. The van der Waals surface area contributed by atoms with Crippen LogP contribution >= 0.6 is 0 Å². The maximum absolute atomic E-state index is 5.63. The van der Waals surface area contributed by atoms with Gasteiger partial charge in [-0.3, -0.25) is 0 Å². The van der Waals surface area contributed by atoms with Crippen molar-refractivity contribution in [2.24, 2.45) is 0 Å². The molecule has 0 saturated carbocycles. The van der Waals surface area contributed by atoms with Gasteiger partial charge in [-0.2, -0.15) is 15.0 Å². The molecule has 3 N–H and O–H groups in total. The number of nitrogens with two attached hydrogens (primary N) is 1. The number of aromatic nitrogens is 3. The third kappa shape index (κ3) is 2.68. The van der Waals surface area contributed by atoms with E-state index < -0.39 is 0 Å². The number of rotatable bonds is 4. The zero-order valence-electron chi connectivity index (χ0n) is 10.6. The number of hydrogen-bond donors (Lipinski definition) is 2. The van der Waals surface area contributed by atoms with Crippen LogP contribution in [0.4, 0.5) is 17.8 Å². The molecule has 2 aromatic rings. The lowest BCUT2D eigenvalue weighted by atomic mass is 10.2. The van der Waals surface area contributed by atoms with E-state index in [1.165, 1.54) is 0 Å². The standard InChI is InChI=1S/C11H16N6O/c1-7-8(4-5-18-7)6-13-10-14-9(12)15-11(16-10)17(2)3/h4-5H,6H2,1-3H3,(H3,12,13,14,15,16). The van der Waals surface area contributed by atoms with Crippen LogP contribution in [-0.4, -0.2) is 29.0 Å². The van der Waals surface area contributed by atoms with E-state index in [4.69, 9.17) is 10.2 Å². The van der Waals surface area contributed by atoms with Crippen molar-refractivity contribution >= 4 is 17.8 Å². The molecular formula is C11H16N6O. The molecule has 0 aliphatic carbocycles. The minimum absolute atomic E-state index is 0.195. The molecule has 0 bridgehead atoms. The molecule has 2 rings (SSSR count). The molecule has 0 radical (unpaired) electrons. The van der Waals surface area contributed by atoms with Gasteiger partial charge in [0.25, 0.3) is 0 Å². The maximum atomic E-state index is 5.63. The Morgan fingerprint density at radius 1 is 1.33 bits per heavy atom. The van der Waals surface area contributed by atoms with Crippen molar-refractivity contribution in [2.75, 3.05) is 30.0 Å². The topological polar surface area (TPSA) is 93.1 Å². The fraction of sp³-hybridized carbons (Fsp3) is 0.364. The Kier molecular flexibility index (Phi) is 3.31. The van der Waals surface area contributed by atoms with Gasteiger partial charge in [-0.15, -0.1) is 0 Å². The van der Waals surface area contributed by atoms with Gasteiger partial charge in [-0.25, -0.2) is 0 Å². The molecule has 7 nitrogen and oxygen atoms in total. The second-order valence-corrected chi connectivity index (χ2v) is 4.07. The molecule has 0 aliphatic heterocycles. The van der Waals surface area contributed by atoms with E-state index in [9.17, 15) is 0 Å². The van der Waals surface area contributed by atoms with Crippen molar-refractivity contribution in [3.63, 3.8) is 0 Å². The predicted octanol–water partition coefficient (Wildman–Crippen LogP) is 1.03. The minimum Gasteiger partial charge on any atom is -0.469 e. The van der Waals surface area contributed by atoms with E-state index in [1.807, 2.05) is 27.1 Å². The Morgan fingerprint density at radius 2 is 2.11 bits per heavy atom. The van der Waals surface area contributed by atoms with E-state index in [0.29, 0.717) is 18.4 Å². The molecular weight excluding hydrogens is 232 g/mol. The average molecular weight is 248 g/mol. The molecule has 0 aromatic carbocycles. The summed E-state index contributed by atoms with van der Waals surface area (Å²) >= 11 is 0. The zero-order valence-corrected chi connectivity index (χ0v) is 10.6. The number of nitrogens with one attached hydrogen (secondary N) is 1. The van der Waals surface area contributed by atoms with Crippen LogP contribution in [0.5, 0.6) is 0 Å². The average Bonchev–Trinajstić information content (AvgIpc) is 2.71. The number of aryl methyl sites for hydroxylation is 1. The third-order valence-corrected chi connectivity index (χ3v) is 2.44. The molecule has 0 spiro atoms. The van der Waals surface area contributed by atoms with Gasteiger partial charge in [0.2, 0.25) is 17.8 Å². The highest BCUT2D eigenvalue weighted by molar-refractivity contribution is 5.41. The molecule has 7 heteroatoms. The fourth-order valence-electron chi connectivity index (χ4n) is 1.43. The van der Waals surface area contributed by atoms with Gasteiger partial charge < -0.3 is 20.4 Å². The van der Waals surface area contributed by atoms with Crippen LogP contribution in [0.3, 0.4) is 0 Å². The zero-order chi connectivity index (χ0) is 13.1. The summed E-state index contributed by atoms with van der Waals surface area (Å²) in [6.45, 7) is 2.49. The maximum Gasteiger partial charge on any atom is 0.231 e. The van der Waals surface area contributed by atoms with Gasteiger partial charge in [0.15, 0.2) is 0 Å². The lowest BCUT2D eigenvalue weighted by Crippen LogP contribution is -2.16. The normalized spacial score (nSPS) is 10.4. The Hall–Kier alpha value is -2.31. The van der Waals surface area contributed by atoms with Crippen molar-refractivity contribution < 1.29 is 4.42 Å². The quantitative estimate of drug-likeness (QED) is 0.834. The van der Waals surface area contributed by atoms with Crippen LogP contribution in [-0.2, 0) is 6.54 Å². The molecule has 0 atom stereocenters. The number of furan rings is 1. The van der Waals surface area contributed by atoms with E-state index in [1.54, 1.807) is 11.2 Å². The Bertz CT molecular complexity index is 536. The summed E-state index contributed by atoms with van der Waals surface area (Å²) in [5, 5.41) is 3.10. The van der Waals surface area contributed by atoms with Crippen LogP contribution in [0.25, 0.3) is 0 Å². The van der Waals surface area contributed by atoms with Gasteiger partial charge in [-0.1, -0.05) is 0 Å². The minimum atomic E-state index is 0.195. The molecule has 96 valence electrons. The second kappa shape index (κ2) is 4.91. The highest BCUT2D eigenvalue weighted by Crippen LogP contribution is 2.13. The lowest BCUT2D eigenvalue weighted by molar-refractivity contribution is 0.530. The van der Waals surface area contributed by atoms with Gasteiger partial charge in [0.1, 0.15) is 5.76 Å². The summed E-state index contributed by atoms with van der Waals surface area (Å²) in [6.07, 6.45) is 1.65. The van der Waals surface area contributed by atoms with Crippen LogP contribution in [0.2, 0.25) is 0 Å². The molecule has 0 aliphatic rings. The highest BCUT2D eigenvalue weighted by atomic mass is 16.3. The van der Waals surface area contributed by atoms with Gasteiger partial charge in [0.05, 0.1) is 6.26 Å². The van der Waals surface area contributed by atoms with Gasteiger partial charge in [0, 0.05) is 26.2 Å². The number of nitrogen functional groups attached to an aromatic ring is 1. The summed E-state index contributed by atoms with van der Waals surface area (Å²) in [6, 6.07) is 1.90. The summed E-state index contributed by atoms with van der Waals surface area (Å²) in [5.41, 5.74) is 6.68. The van der Waals surface area contributed by atoms with E-state index in [0.717, 1.165) is 11.3 Å². The summed E-state index contributed by atoms with van der Waals surface area (Å²) in [5.74, 6) is 2.04. The van der Waals surface area contributed by atoms with Crippen LogP contribution in [0.1, 0.15) is 11.3 Å². The molecule has 0 amide bonds. The largest absolute Gasteiger partial charge is 0.469 e.